The average molecular weight is 867 g/mol. The van der Waals surface area contributed by atoms with Gasteiger partial charge in [0.2, 0.25) is 0 Å². The van der Waals surface area contributed by atoms with Gasteiger partial charge in [-0.15, -0.1) is 0 Å². The van der Waals surface area contributed by atoms with E-state index in [1.807, 2.05) is 0 Å². The monoisotopic (exact) mass is 866 g/mol. The van der Waals surface area contributed by atoms with E-state index >= 15 is 0 Å². The van der Waals surface area contributed by atoms with Crippen molar-refractivity contribution in [2.24, 2.45) is 0 Å². The molecule has 2 heterocycles. The van der Waals surface area contributed by atoms with Gasteiger partial charge in [-0.05, 0) is 0 Å². The van der Waals surface area contributed by atoms with Gasteiger partial charge in [0.1, 0.15) is 0 Å². The van der Waals surface area contributed by atoms with Crippen molar-refractivity contribution in [2.45, 2.75) is 22.2 Å². The van der Waals surface area contributed by atoms with E-state index in [1.54, 1.807) is 0 Å². The first-order valence-corrected chi connectivity index (χ1v) is 23.7. The number of benzene rings is 10. The summed E-state index contributed by atoms with van der Waals surface area (Å²) in [5.41, 5.74) is 11.1. The SMILES string of the molecule is B(=BN1C(c2ccccc2)(c2ccccc2)c2ccccc2C1(c1ccccc1)c1ccccc1)N1C(c2ccccc2)(c2ccccc2)c2ccccc2C1(c1ccccc1)c1ccccc1. The summed E-state index contributed by atoms with van der Waals surface area (Å²) >= 11 is 0. The Hall–Kier alpha value is -8.07. The van der Waals surface area contributed by atoms with Crippen molar-refractivity contribution < 1.29 is 0 Å². The molecule has 0 fully saturated rings. The number of fused-ring (bicyclic) bond motifs is 2. The van der Waals surface area contributed by atoms with E-state index in [4.69, 9.17) is 0 Å². The van der Waals surface area contributed by atoms with E-state index in [0.717, 1.165) is 0 Å². The fourth-order valence-corrected chi connectivity index (χ4v) is 12.3. The molecule has 0 N–H and O–H groups in total. The summed E-state index contributed by atoms with van der Waals surface area (Å²) in [6, 6.07) is 108. The average Bonchev–Trinajstić information content (AvgIpc) is 3.86. The van der Waals surface area contributed by atoms with Crippen LogP contribution in [0.15, 0.2) is 291 Å². The molecule has 2 nitrogen and oxygen atoms in total. The Labute approximate surface area is 401 Å². The number of hydrogen-bond acceptors (Lipinski definition) is 2. The molecule has 0 radical (unpaired) electrons. The van der Waals surface area contributed by atoms with Crippen molar-refractivity contribution in [3.63, 3.8) is 0 Å². The maximum absolute atomic E-state index is 2.71. The van der Waals surface area contributed by atoms with Crippen LogP contribution in [0.2, 0.25) is 0 Å². The van der Waals surface area contributed by atoms with Crippen LogP contribution in [-0.2, 0) is 22.2 Å². The van der Waals surface area contributed by atoms with Crippen LogP contribution < -0.4 is 0 Å². The zero-order valence-electron chi connectivity index (χ0n) is 37.8. The summed E-state index contributed by atoms with van der Waals surface area (Å²) in [6.07, 6.45) is 0. The van der Waals surface area contributed by atoms with Crippen LogP contribution >= 0.6 is 0 Å². The van der Waals surface area contributed by atoms with Gasteiger partial charge in [0.05, 0.1) is 0 Å². The second-order valence-electron chi connectivity index (χ2n) is 17.9. The van der Waals surface area contributed by atoms with Crippen molar-refractivity contribution in [3.05, 3.63) is 358 Å². The van der Waals surface area contributed by atoms with Gasteiger partial charge in [-0.1, -0.05) is 0 Å². The van der Waals surface area contributed by atoms with Crippen LogP contribution in [0.4, 0.5) is 0 Å². The van der Waals surface area contributed by atoms with E-state index in [9.17, 15) is 0 Å². The van der Waals surface area contributed by atoms with E-state index < -0.39 is 22.2 Å². The van der Waals surface area contributed by atoms with Crippen LogP contribution in [-0.4, -0.2) is 23.5 Å². The molecular weight excluding hydrogens is 818 g/mol. The molecule has 0 aromatic heterocycles. The molecule has 320 valence electrons. The molecule has 2 aliphatic heterocycles. The first-order chi connectivity index (χ1) is 33.8. The van der Waals surface area contributed by atoms with E-state index in [0.29, 0.717) is 0 Å². The minimum atomic E-state index is -0.821. The van der Waals surface area contributed by atoms with E-state index in [2.05, 4.69) is 315 Å². The number of rotatable bonds is 10. The Kier molecular flexibility index (Phi) is 10.3. The molecule has 0 unspecified atom stereocenters. The van der Waals surface area contributed by atoms with Gasteiger partial charge >= 0.3 is 404 Å². The normalized spacial score (nSPS) is 15.8. The third kappa shape index (κ3) is 5.86. The summed E-state index contributed by atoms with van der Waals surface area (Å²) in [7, 11) is 0. The van der Waals surface area contributed by atoms with Gasteiger partial charge in [-0.25, -0.2) is 0 Å². The van der Waals surface area contributed by atoms with Gasteiger partial charge < -0.3 is 0 Å². The zero-order chi connectivity index (χ0) is 45.4. The van der Waals surface area contributed by atoms with Crippen molar-refractivity contribution in [3.8, 4) is 0 Å². The van der Waals surface area contributed by atoms with E-state index in [-0.39, 0.29) is 0 Å². The van der Waals surface area contributed by atoms with Crippen LogP contribution in [0.5, 0.6) is 0 Å². The Bertz CT molecular complexity index is 2730. The first kappa shape index (κ1) is 41.4. The fraction of sp³-hybridized carbons (Fsp3) is 0.0625. The molecular formula is C64H48B2N2. The Morgan fingerprint density at radius 1 is 0.176 bits per heavy atom. The van der Waals surface area contributed by atoms with Crippen LogP contribution in [0.3, 0.4) is 0 Å². The van der Waals surface area contributed by atoms with Crippen molar-refractivity contribution in [2.75, 3.05) is 0 Å². The van der Waals surface area contributed by atoms with Crippen molar-refractivity contribution >= 4 is 13.9 Å². The third-order valence-corrected chi connectivity index (χ3v) is 14.8. The standard InChI is InChI=1S/C64H48B2N2/c1-9-29-49(30-10-1)61(50-31-11-2-12-32-50)57-45-25-26-46-58(57)62(51-33-13-3-14-34-51,52-35-15-4-16-36-52)67(61)65-66-68-63(53-37-17-5-18-38-53,54-39-19-6-20-40-54)59-47-27-28-48-60(59)64(68,55-41-21-7-22-42-55)56-43-23-8-24-44-56/h1-48H. The minimum absolute atomic E-state index is 0.821. The van der Waals surface area contributed by atoms with Gasteiger partial charge in [-0.3, -0.25) is 0 Å². The molecule has 0 bridgehead atoms. The summed E-state index contributed by atoms with van der Waals surface area (Å²) < 4.78 is 0. The van der Waals surface area contributed by atoms with Gasteiger partial charge in [0.25, 0.3) is 0 Å². The first-order valence-electron chi connectivity index (χ1n) is 23.7. The summed E-state index contributed by atoms with van der Waals surface area (Å²) in [5.74, 6) is 0. The molecule has 0 atom stereocenters. The topological polar surface area (TPSA) is 6.48 Å². The Morgan fingerprint density at radius 2 is 0.309 bits per heavy atom. The summed E-state index contributed by atoms with van der Waals surface area (Å²) in [5, 5.41) is 0. The van der Waals surface area contributed by atoms with Crippen LogP contribution in [0.1, 0.15) is 66.8 Å². The zero-order valence-corrected chi connectivity index (χ0v) is 37.8. The Balaban J connectivity index is 1.29. The fourth-order valence-electron chi connectivity index (χ4n) is 12.3. The van der Waals surface area contributed by atoms with Crippen molar-refractivity contribution in [1.82, 2.24) is 9.62 Å². The molecule has 2 aliphatic rings. The molecule has 4 heteroatoms. The second-order valence-corrected chi connectivity index (χ2v) is 17.9. The number of nitrogens with zero attached hydrogens (tertiary/aromatic N) is 2. The van der Waals surface area contributed by atoms with Crippen molar-refractivity contribution in [1.29, 1.82) is 0 Å². The predicted molar refractivity (Wildman–Crippen MR) is 279 cm³/mol. The summed E-state index contributed by atoms with van der Waals surface area (Å²) in [4.78, 5) is 5.43. The maximum atomic E-state index is 2.71. The van der Waals surface area contributed by atoms with Gasteiger partial charge in [0.15, 0.2) is 0 Å². The second kappa shape index (κ2) is 17.0. The number of hydrogen-bond donors (Lipinski definition) is 0. The predicted octanol–water partition coefficient (Wildman–Crippen LogP) is 13.3. The molecule has 0 saturated carbocycles. The van der Waals surface area contributed by atoms with Gasteiger partial charge in [0, 0.05) is 0 Å². The molecule has 0 spiro atoms. The molecule has 10 aromatic rings. The van der Waals surface area contributed by atoms with Crippen LogP contribution in [0.25, 0.3) is 0 Å². The summed E-state index contributed by atoms with van der Waals surface area (Å²) in [6.45, 7) is 4.93. The molecule has 0 aliphatic carbocycles. The molecule has 10 aromatic carbocycles. The van der Waals surface area contributed by atoms with E-state index in [1.165, 1.54) is 66.8 Å². The Morgan fingerprint density at radius 3 is 0.456 bits per heavy atom. The quantitative estimate of drug-likeness (QED) is 0.126. The molecule has 0 saturated heterocycles. The molecule has 68 heavy (non-hydrogen) atoms. The third-order valence-electron chi connectivity index (χ3n) is 14.8. The van der Waals surface area contributed by atoms with Crippen LogP contribution in [0, 0.1) is 0 Å². The molecule has 12 rings (SSSR count). The van der Waals surface area contributed by atoms with Gasteiger partial charge in [-0.2, -0.15) is 0 Å². The molecule has 0 amide bonds.